The Kier molecular flexibility index (Phi) is 6.99. The van der Waals surface area contributed by atoms with E-state index in [1.807, 2.05) is 18.2 Å². The van der Waals surface area contributed by atoms with Crippen LogP contribution in [0.4, 0.5) is 0 Å². The van der Waals surface area contributed by atoms with Crippen LogP contribution in [0.3, 0.4) is 0 Å². The lowest BCUT2D eigenvalue weighted by Gasteiger charge is -2.19. The van der Waals surface area contributed by atoms with Crippen molar-refractivity contribution in [2.24, 2.45) is 5.92 Å². The molecule has 0 radical (unpaired) electrons. The molecule has 0 heterocycles. The smallest absolute Gasteiger partial charge is 0.174 e. The molecule has 0 aliphatic carbocycles. The molecular weight excluding hydrogens is 236 g/mol. The summed E-state index contributed by atoms with van der Waals surface area (Å²) in [5.74, 6) is 1.50. The first kappa shape index (κ1) is 15.5. The van der Waals surface area contributed by atoms with Gasteiger partial charge in [-0.05, 0) is 37.1 Å². The van der Waals surface area contributed by atoms with Crippen molar-refractivity contribution in [1.29, 1.82) is 5.26 Å². The molecule has 1 unspecified atom stereocenters. The number of nitrogens with one attached hydrogen (secondary N) is 1. The molecule has 0 aliphatic heterocycles. The second-order valence-corrected chi connectivity index (χ2v) is 4.83. The monoisotopic (exact) mass is 260 g/mol. The van der Waals surface area contributed by atoms with Gasteiger partial charge in [0, 0.05) is 6.04 Å². The Morgan fingerprint density at radius 2 is 1.84 bits per heavy atom. The average Bonchev–Trinajstić information content (AvgIpc) is 2.46. The van der Waals surface area contributed by atoms with Crippen LogP contribution >= 0.6 is 0 Å². The SMILES string of the molecule is CCC(CC)CNC(C)c1ccc(OCC#N)cc1. The Hall–Kier alpha value is -1.53. The van der Waals surface area contributed by atoms with Crippen LogP contribution in [0.15, 0.2) is 24.3 Å². The summed E-state index contributed by atoms with van der Waals surface area (Å²) in [6.45, 7) is 7.81. The van der Waals surface area contributed by atoms with Crippen LogP contribution in [0.1, 0.15) is 45.2 Å². The minimum absolute atomic E-state index is 0.0990. The van der Waals surface area contributed by atoms with Crippen LogP contribution in [0.25, 0.3) is 0 Å². The number of ether oxygens (including phenoxy) is 1. The van der Waals surface area contributed by atoms with E-state index in [1.54, 1.807) is 0 Å². The Morgan fingerprint density at radius 3 is 2.37 bits per heavy atom. The first-order chi connectivity index (χ1) is 9.21. The number of hydrogen-bond donors (Lipinski definition) is 1. The molecule has 3 nitrogen and oxygen atoms in total. The fourth-order valence-electron chi connectivity index (χ4n) is 2.01. The summed E-state index contributed by atoms with van der Waals surface area (Å²) in [4.78, 5) is 0. The van der Waals surface area contributed by atoms with Gasteiger partial charge in [-0.25, -0.2) is 0 Å². The number of benzene rings is 1. The third-order valence-corrected chi connectivity index (χ3v) is 3.55. The molecule has 1 atom stereocenters. The van der Waals surface area contributed by atoms with Gasteiger partial charge >= 0.3 is 0 Å². The Bertz CT molecular complexity index is 390. The van der Waals surface area contributed by atoms with Crippen LogP contribution in [0, 0.1) is 17.2 Å². The molecule has 104 valence electrons. The highest BCUT2D eigenvalue weighted by molar-refractivity contribution is 5.29. The van der Waals surface area contributed by atoms with Crippen molar-refractivity contribution in [1.82, 2.24) is 5.32 Å². The molecule has 1 rings (SSSR count). The number of nitrogens with zero attached hydrogens (tertiary/aromatic N) is 1. The van der Waals surface area contributed by atoms with E-state index in [9.17, 15) is 0 Å². The van der Waals surface area contributed by atoms with Crippen LogP contribution in [-0.4, -0.2) is 13.2 Å². The van der Waals surface area contributed by atoms with E-state index in [1.165, 1.54) is 18.4 Å². The summed E-state index contributed by atoms with van der Waals surface area (Å²) in [5.41, 5.74) is 1.25. The Balaban J connectivity index is 2.48. The third-order valence-electron chi connectivity index (χ3n) is 3.55. The molecule has 0 bridgehead atoms. The number of nitriles is 1. The fraction of sp³-hybridized carbons (Fsp3) is 0.562. The van der Waals surface area contributed by atoms with Gasteiger partial charge in [-0.3, -0.25) is 0 Å². The van der Waals surface area contributed by atoms with E-state index < -0.39 is 0 Å². The predicted molar refractivity (Wildman–Crippen MR) is 78.0 cm³/mol. The van der Waals surface area contributed by atoms with E-state index in [4.69, 9.17) is 10.00 Å². The number of rotatable bonds is 8. The maximum atomic E-state index is 8.45. The zero-order chi connectivity index (χ0) is 14.1. The van der Waals surface area contributed by atoms with Crippen LogP contribution in [-0.2, 0) is 0 Å². The van der Waals surface area contributed by atoms with Gasteiger partial charge in [0.05, 0.1) is 0 Å². The van der Waals surface area contributed by atoms with Gasteiger partial charge in [-0.1, -0.05) is 38.8 Å². The van der Waals surface area contributed by atoms with Gasteiger partial charge in [0.25, 0.3) is 0 Å². The first-order valence-electron chi connectivity index (χ1n) is 7.04. The number of hydrogen-bond acceptors (Lipinski definition) is 3. The molecule has 0 amide bonds. The van der Waals surface area contributed by atoms with Gasteiger partial charge in [0.1, 0.15) is 11.8 Å². The molecule has 0 spiro atoms. The lowest BCUT2D eigenvalue weighted by molar-refractivity contribution is 0.367. The summed E-state index contributed by atoms with van der Waals surface area (Å²) in [6, 6.07) is 10.2. The highest BCUT2D eigenvalue weighted by Gasteiger charge is 2.08. The summed E-state index contributed by atoms with van der Waals surface area (Å²) >= 11 is 0. The van der Waals surface area contributed by atoms with Crippen molar-refractivity contribution < 1.29 is 4.74 Å². The zero-order valence-electron chi connectivity index (χ0n) is 12.1. The van der Waals surface area contributed by atoms with Crippen molar-refractivity contribution in [3.05, 3.63) is 29.8 Å². The lowest BCUT2D eigenvalue weighted by atomic mass is 10.0. The third kappa shape index (κ3) is 5.32. The van der Waals surface area contributed by atoms with Gasteiger partial charge in [0.15, 0.2) is 6.61 Å². The van der Waals surface area contributed by atoms with Gasteiger partial charge in [-0.2, -0.15) is 5.26 Å². The van der Waals surface area contributed by atoms with E-state index in [-0.39, 0.29) is 6.61 Å². The quantitative estimate of drug-likeness (QED) is 0.775. The molecule has 19 heavy (non-hydrogen) atoms. The standard InChI is InChI=1S/C16H24N2O/c1-4-14(5-2)12-18-13(3)15-6-8-16(9-7-15)19-11-10-17/h6-9,13-14,18H,4-5,11-12H2,1-3H3. The topological polar surface area (TPSA) is 45.0 Å². The summed E-state index contributed by atoms with van der Waals surface area (Å²) < 4.78 is 5.24. The van der Waals surface area contributed by atoms with Gasteiger partial charge in [0.2, 0.25) is 0 Å². The van der Waals surface area contributed by atoms with E-state index in [2.05, 4.69) is 38.2 Å². The second-order valence-electron chi connectivity index (χ2n) is 4.83. The van der Waals surface area contributed by atoms with Crippen molar-refractivity contribution >= 4 is 0 Å². The first-order valence-corrected chi connectivity index (χ1v) is 7.04. The summed E-state index contributed by atoms with van der Waals surface area (Å²) in [7, 11) is 0. The summed E-state index contributed by atoms with van der Waals surface area (Å²) in [5, 5.41) is 12.0. The molecule has 1 aromatic rings. The zero-order valence-corrected chi connectivity index (χ0v) is 12.1. The van der Waals surface area contributed by atoms with Gasteiger partial charge in [-0.15, -0.1) is 0 Å². The van der Waals surface area contributed by atoms with Gasteiger partial charge < -0.3 is 10.1 Å². The van der Waals surface area contributed by atoms with Crippen molar-refractivity contribution in [3.63, 3.8) is 0 Å². The average molecular weight is 260 g/mol. The molecule has 0 aliphatic rings. The largest absolute Gasteiger partial charge is 0.479 e. The molecule has 1 aromatic carbocycles. The normalized spacial score (nSPS) is 12.2. The highest BCUT2D eigenvalue weighted by Crippen LogP contribution is 2.18. The molecule has 1 N–H and O–H groups in total. The predicted octanol–water partition coefficient (Wildman–Crippen LogP) is 3.68. The van der Waals surface area contributed by atoms with Crippen LogP contribution in [0.2, 0.25) is 0 Å². The second kappa shape index (κ2) is 8.55. The van der Waals surface area contributed by atoms with Crippen molar-refractivity contribution in [2.45, 2.75) is 39.7 Å². The highest BCUT2D eigenvalue weighted by atomic mass is 16.5. The van der Waals surface area contributed by atoms with Crippen LogP contribution in [0.5, 0.6) is 5.75 Å². The summed E-state index contributed by atoms with van der Waals surface area (Å²) in [6.07, 6.45) is 2.44. The van der Waals surface area contributed by atoms with Crippen molar-refractivity contribution in [3.8, 4) is 11.8 Å². The minimum Gasteiger partial charge on any atom is -0.479 e. The minimum atomic E-state index is 0.0990. The Labute approximate surface area is 116 Å². The van der Waals surface area contributed by atoms with E-state index in [0.717, 1.165) is 18.2 Å². The molecule has 0 aromatic heterocycles. The molecule has 0 saturated heterocycles. The maximum absolute atomic E-state index is 8.45. The van der Waals surface area contributed by atoms with Crippen LogP contribution < -0.4 is 10.1 Å². The van der Waals surface area contributed by atoms with Crippen molar-refractivity contribution in [2.75, 3.05) is 13.2 Å². The lowest BCUT2D eigenvalue weighted by Crippen LogP contribution is -2.25. The van der Waals surface area contributed by atoms with E-state index >= 15 is 0 Å². The molecule has 0 saturated carbocycles. The molecule has 0 fully saturated rings. The molecule has 3 heteroatoms. The maximum Gasteiger partial charge on any atom is 0.174 e. The Morgan fingerprint density at radius 1 is 1.21 bits per heavy atom. The van der Waals surface area contributed by atoms with E-state index in [0.29, 0.717) is 6.04 Å². The fourth-order valence-corrected chi connectivity index (χ4v) is 2.01. The molecular formula is C16H24N2O.